The Labute approximate surface area is 68.7 Å². The molecule has 0 spiro atoms. The van der Waals surface area contributed by atoms with Crippen LogP contribution >= 0.6 is 31.9 Å². The lowest BCUT2D eigenvalue weighted by atomic mass is 10.3. The first-order valence-electron chi connectivity index (χ1n) is 2.19. The molecule has 0 aromatic heterocycles. The fourth-order valence-electron chi connectivity index (χ4n) is 0.257. The van der Waals surface area contributed by atoms with Crippen LogP contribution in [-0.4, -0.2) is 21.0 Å². The van der Waals surface area contributed by atoms with Crippen molar-refractivity contribution in [3.05, 3.63) is 0 Å². The first-order chi connectivity index (χ1) is 4.04. The van der Waals surface area contributed by atoms with Crippen molar-refractivity contribution in [1.82, 2.24) is 0 Å². The molecule has 2 nitrogen and oxygen atoms in total. The molecule has 2 unspecified atom stereocenters. The van der Waals surface area contributed by atoms with Gasteiger partial charge in [0, 0.05) is 6.42 Å². The van der Waals surface area contributed by atoms with Crippen molar-refractivity contribution in [2.45, 2.75) is 16.3 Å². The van der Waals surface area contributed by atoms with Crippen LogP contribution in [0.25, 0.3) is 0 Å². The molecule has 0 amide bonds. The predicted octanol–water partition coefficient (Wildman–Crippen LogP) is 1.92. The summed E-state index contributed by atoms with van der Waals surface area (Å²) in [6.07, 6.45) is -0.0602. The van der Waals surface area contributed by atoms with Crippen molar-refractivity contribution < 1.29 is 14.3 Å². The molecule has 0 aliphatic carbocycles. The molecule has 0 aliphatic heterocycles. The van der Waals surface area contributed by atoms with E-state index in [1.165, 1.54) is 0 Å². The Hall–Kier alpha value is 0.360. The van der Waals surface area contributed by atoms with Crippen LogP contribution in [-0.2, 0) is 4.79 Å². The third-order valence-corrected chi connectivity index (χ3v) is 1.79. The normalized spacial score (nSPS) is 16.8. The molecule has 0 saturated carbocycles. The number of carboxylic acid groups (broad SMARTS) is 1. The molecular weight excluding hydrogens is 259 g/mol. The van der Waals surface area contributed by atoms with E-state index in [0.717, 1.165) is 0 Å². The van der Waals surface area contributed by atoms with Gasteiger partial charge in [0.1, 0.15) is 4.83 Å². The van der Waals surface area contributed by atoms with Gasteiger partial charge in [0.2, 0.25) is 0 Å². The fourth-order valence-corrected chi connectivity index (χ4v) is 1.46. The van der Waals surface area contributed by atoms with E-state index in [9.17, 15) is 9.18 Å². The number of halogens is 3. The molecule has 1 N–H and O–H groups in total. The van der Waals surface area contributed by atoms with Gasteiger partial charge in [-0.25, -0.2) is 4.39 Å². The molecule has 0 fully saturated rings. The number of aliphatic carboxylic acids is 1. The van der Waals surface area contributed by atoms with Gasteiger partial charge in [0.05, 0.1) is 0 Å². The largest absolute Gasteiger partial charge is 0.480 e. The first-order valence-corrected chi connectivity index (χ1v) is 4.02. The lowest BCUT2D eigenvalue weighted by molar-refractivity contribution is -0.136. The van der Waals surface area contributed by atoms with Crippen LogP contribution in [0.2, 0.25) is 0 Å². The minimum Gasteiger partial charge on any atom is -0.480 e. The number of carboxylic acids is 1. The highest BCUT2D eigenvalue weighted by Gasteiger charge is 2.16. The lowest BCUT2D eigenvalue weighted by Gasteiger charge is -2.01. The first kappa shape index (κ1) is 9.36. The second-order valence-corrected chi connectivity index (χ2v) is 3.53. The SMILES string of the molecule is O=C(O)C(Br)CC(F)Br. The average Bonchev–Trinajstić information content (AvgIpc) is 1.63. The Morgan fingerprint density at radius 2 is 2.11 bits per heavy atom. The van der Waals surface area contributed by atoms with E-state index >= 15 is 0 Å². The van der Waals surface area contributed by atoms with E-state index in [1.807, 2.05) is 0 Å². The van der Waals surface area contributed by atoms with Gasteiger partial charge >= 0.3 is 5.97 Å². The summed E-state index contributed by atoms with van der Waals surface area (Å²) in [5.41, 5.74) is 0. The van der Waals surface area contributed by atoms with Crippen molar-refractivity contribution in [3.63, 3.8) is 0 Å². The van der Waals surface area contributed by atoms with E-state index in [2.05, 4.69) is 31.9 Å². The van der Waals surface area contributed by atoms with Gasteiger partial charge in [-0.15, -0.1) is 0 Å². The summed E-state index contributed by atoms with van der Waals surface area (Å²) in [5, 5.41) is 6.94. The number of carbonyl (C=O) groups is 1. The summed E-state index contributed by atoms with van der Waals surface area (Å²) in [7, 11) is 0. The highest BCUT2D eigenvalue weighted by Crippen LogP contribution is 2.14. The van der Waals surface area contributed by atoms with E-state index < -0.39 is 15.9 Å². The molecular formula is C4H5Br2FO2. The maximum Gasteiger partial charge on any atom is 0.317 e. The van der Waals surface area contributed by atoms with E-state index in [-0.39, 0.29) is 6.42 Å². The number of hydrogen-bond acceptors (Lipinski definition) is 1. The van der Waals surface area contributed by atoms with Crippen LogP contribution < -0.4 is 0 Å². The zero-order valence-electron chi connectivity index (χ0n) is 4.35. The minimum atomic E-state index is -1.25. The molecule has 2 atom stereocenters. The summed E-state index contributed by atoms with van der Waals surface area (Å²) in [6, 6.07) is 0. The zero-order chi connectivity index (χ0) is 7.44. The third kappa shape index (κ3) is 4.84. The summed E-state index contributed by atoms with van der Waals surface area (Å²) in [4.78, 5) is 9.20. The number of rotatable bonds is 3. The van der Waals surface area contributed by atoms with Crippen LogP contribution in [0.5, 0.6) is 0 Å². The maximum atomic E-state index is 11.9. The quantitative estimate of drug-likeness (QED) is 0.790. The molecule has 0 aliphatic rings. The van der Waals surface area contributed by atoms with Gasteiger partial charge in [-0.2, -0.15) is 0 Å². The fraction of sp³-hybridized carbons (Fsp3) is 0.750. The van der Waals surface area contributed by atoms with E-state index in [0.29, 0.717) is 0 Å². The van der Waals surface area contributed by atoms with Crippen LogP contribution in [0.3, 0.4) is 0 Å². The highest BCUT2D eigenvalue weighted by atomic mass is 79.9. The van der Waals surface area contributed by atoms with E-state index in [4.69, 9.17) is 5.11 Å². The van der Waals surface area contributed by atoms with Gasteiger partial charge in [0.25, 0.3) is 0 Å². The molecule has 0 bridgehead atoms. The number of hydrogen-bond donors (Lipinski definition) is 1. The molecule has 0 rings (SSSR count). The summed E-state index contributed by atoms with van der Waals surface area (Å²) in [6.45, 7) is 0. The Morgan fingerprint density at radius 1 is 1.67 bits per heavy atom. The zero-order valence-corrected chi connectivity index (χ0v) is 7.52. The summed E-state index contributed by atoms with van der Waals surface area (Å²) >= 11 is 5.36. The van der Waals surface area contributed by atoms with E-state index in [1.54, 1.807) is 0 Å². The van der Waals surface area contributed by atoms with Gasteiger partial charge in [-0.1, -0.05) is 31.9 Å². The van der Waals surface area contributed by atoms with Crippen molar-refractivity contribution in [2.75, 3.05) is 0 Å². The van der Waals surface area contributed by atoms with Gasteiger partial charge in [-0.05, 0) is 0 Å². The Morgan fingerprint density at radius 3 is 2.22 bits per heavy atom. The molecule has 0 saturated heterocycles. The molecule has 54 valence electrons. The van der Waals surface area contributed by atoms with Crippen molar-refractivity contribution in [3.8, 4) is 0 Å². The summed E-state index contributed by atoms with van der Waals surface area (Å²) in [5.74, 6) is -1.04. The highest BCUT2D eigenvalue weighted by molar-refractivity contribution is 9.10. The Kier molecular flexibility index (Phi) is 4.39. The molecule has 0 radical (unpaired) electrons. The van der Waals surface area contributed by atoms with Gasteiger partial charge in [0.15, 0.2) is 5.08 Å². The molecule has 5 heteroatoms. The smallest absolute Gasteiger partial charge is 0.317 e. The Balaban J connectivity index is 3.50. The predicted molar refractivity (Wildman–Crippen MR) is 38.8 cm³/mol. The van der Waals surface area contributed by atoms with Crippen LogP contribution in [0, 0.1) is 0 Å². The summed E-state index contributed by atoms with van der Waals surface area (Å²) < 4.78 is 11.9. The van der Waals surface area contributed by atoms with Crippen LogP contribution in [0.15, 0.2) is 0 Å². The third-order valence-electron chi connectivity index (χ3n) is 0.653. The van der Waals surface area contributed by atoms with Crippen molar-refractivity contribution in [2.24, 2.45) is 0 Å². The molecule has 9 heavy (non-hydrogen) atoms. The second kappa shape index (κ2) is 4.22. The van der Waals surface area contributed by atoms with Crippen molar-refractivity contribution in [1.29, 1.82) is 0 Å². The molecule has 0 heterocycles. The Bertz CT molecular complexity index is 107. The van der Waals surface area contributed by atoms with Gasteiger partial charge in [-0.3, -0.25) is 4.79 Å². The minimum absolute atomic E-state index is 0.0602. The second-order valence-electron chi connectivity index (χ2n) is 1.43. The lowest BCUT2D eigenvalue weighted by Crippen LogP contribution is -2.15. The number of alkyl halides is 3. The monoisotopic (exact) mass is 262 g/mol. The maximum absolute atomic E-state index is 11.9. The standard InChI is InChI=1S/C4H5Br2FO2/c5-2(4(8)9)1-3(6)7/h2-3H,1H2,(H,8,9). The molecule has 0 aromatic carbocycles. The van der Waals surface area contributed by atoms with Gasteiger partial charge < -0.3 is 5.11 Å². The average molecular weight is 264 g/mol. The van der Waals surface area contributed by atoms with Crippen LogP contribution in [0.1, 0.15) is 6.42 Å². The van der Waals surface area contributed by atoms with Crippen LogP contribution in [0.4, 0.5) is 4.39 Å². The van der Waals surface area contributed by atoms with Crippen molar-refractivity contribution >= 4 is 37.8 Å². The topological polar surface area (TPSA) is 37.3 Å². The molecule has 0 aromatic rings.